The molecule has 0 saturated carbocycles. The molecule has 1 aromatic heterocycles. The molecule has 0 aliphatic carbocycles. The van der Waals surface area contributed by atoms with E-state index >= 15 is 0 Å². The van der Waals surface area contributed by atoms with E-state index in [1.54, 1.807) is 17.7 Å². The number of sulfone groups is 1. The normalized spacial score (nSPS) is 19.0. The highest BCUT2D eigenvalue weighted by atomic mass is 35.5. The molecule has 2 heterocycles. The third-order valence-electron chi connectivity index (χ3n) is 3.76. The zero-order chi connectivity index (χ0) is 18.0. The fraction of sp³-hybridized carbons (Fsp3) is 0.400. The number of ether oxygens (including phenoxy) is 1. The maximum absolute atomic E-state index is 11.9. The maximum atomic E-state index is 11.9. The maximum Gasteiger partial charge on any atom is 0.316 e. The van der Waals surface area contributed by atoms with Crippen molar-refractivity contribution < 1.29 is 17.9 Å². The van der Waals surface area contributed by atoms with Crippen molar-refractivity contribution in [3.63, 3.8) is 0 Å². The molecule has 0 spiro atoms. The van der Waals surface area contributed by atoms with Crippen LogP contribution >= 0.6 is 23.4 Å². The van der Waals surface area contributed by atoms with Crippen molar-refractivity contribution in [3.8, 4) is 11.4 Å². The van der Waals surface area contributed by atoms with E-state index in [-0.39, 0.29) is 17.3 Å². The first kappa shape index (κ1) is 18.2. The van der Waals surface area contributed by atoms with Gasteiger partial charge in [-0.25, -0.2) is 8.42 Å². The summed E-state index contributed by atoms with van der Waals surface area (Å²) in [6.45, 7) is 0. The van der Waals surface area contributed by atoms with Crippen molar-refractivity contribution in [2.24, 2.45) is 7.05 Å². The Hall–Kier alpha value is -1.58. The van der Waals surface area contributed by atoms with E-state index in [2.05, 4.69) is 10.2 Å². The largest absolute Gasteiger partial charge is 0.461 e. The topological polar surface area (TPSA) is 91.2 Å². The Morgan fingerprint density at radius 3 is 2.84 bits per heavy atom. The van der Waals surface area contributed by atoms with Crippen LogP contribution < -0.4 is 0 Å². The Kier molecular flexibility index (Phi) is 5.35. The molecule has 1 aromatic carbocycles. The van der Waals surface area contributed by atoms with Crippen molar-refractivity contribution in [1.29, 1.82) is 0 Å². The van der Waals surface area contributed by atoms with Crippen molar-refractivity contribution in [1.82, 2.24) is 14.8 Å². The molecule has 0 radical (unpaired) electrons. The van der Waals surface area contributed by atoms with Gasteiger partial charge in [0.15, 0.2) is 20.8 Å². The van der Waals surface area contributed by atoms with E-state index in [1.165, 1.54) is 11.8 Å². The van der Waals surface area contributed by atoms with Gasteiger partial charge in [-0.3, -0.25) is 4.79 Å². The van der Waals surface area contributed by atoms with Crippen LogP contribution in [0.4, 0.5) is 0 Å². The number of nitrogens with zero attached hydrogens (tertiary/aromatic N) is 3. The van der Waals surface area contributed by atoms with Crippen LogP contribution in [0.1, 0.15) is 6.42 Å². The van der Waals surface area contributed by atoms with Crippen molar-refractivity contribution >= 4 is 39.2 Å². The van der Waals surface area contributed by atoms with Crippen LogP contribution in [0.5, 0.6) is 0 Å². The van der Waals surface area contributed by atoms with Crippen LogP contribution in [0.15, 0.2) is 29.4 Å². The second-order valence-electron chi connectivity index (χ2n) is 5.65. The van der Waals surface area contributed by atoms with Gasteiger partial charge in [0, 0.05) is 12.6 Å². The van der Waals surface area contributed by atoms with Gasteiger partial charge in [-0.05, 0) is 18.6 Å². The number of thioether (sulfide) groups is 1. The van der Waals surface area contributed by atoms with Gasteiger partial charge in [0.25, 0.3) is 0 Å². The first-order valence-electron chi connectivity index (χ1n) is 7.53. The predicted molar refractivity (Wildman–Crippen MR) is 95.3 cm³/mol. The number of benzene rings is 1. The minimum atomic E-state index is -3.07. The van der Waals surface area contributed by atoms with Gasteiger partial charge in [0.2, 0.25) is 0 Å². The molecule has 0 bridgehead atoms. The lowest BCUT2D eigenvalue weighted by Crippen LogP contribution is -2.20. The quantitative estimate of drug-likeness (QED) is 0.558. The molecule has 0 N–H and O–H groups in total. The number of halogens is 1. The van der Waals surface area contributed by atoms with Gasteiger partial charge in [-0.2, -0.15) is 0 Å². The molecule has 0 unspecified atom stereocenters. The standard InChI is InChI=1S/C15H16ClN3O4S2/c1-19-14(11-4-2-3-5-12(11)16)17-18-15(19)24-8-13(20)23-10-6-7-25(21,22)9-10/h2-5,10H,6-9H2,1H3/t10-/m0/s1. The molecule has 2 aromatic rings. The summed E-state index contributed by atoms with van der Waals surface area (Å²) in [7, 11) is -1.28. The van der Waals surface area contributed by atoms with Gasteiger partial charge in [0.05, 0.1) is 22.3 Å². The van der Waals surface area contributed by atoms with Crippen LogP contribution in [0.2, 0.25) is 5.02 Å². The second-order valence-corrected chi connectivity index (χ2v) is 9.23. The predicted octanol–water partition coefficient (Wildman–Crippen LogP) is 1.96. The smallest absolute Gasteiger partial charge is 0.316 e. The summed E-state index contributed by atoms with van der Waals surface area (Å²) in [6, 6.07) is 7.30. The Morgan fingerprint density at radius 2 is 2.16 bits per heavy atom. The van der Waals surface area contributed by atoms with Gasteiger partial charge in [-0.15, -0.1) is 10.2 Å². The number of hydrogen-bond donors (Lipinski definition) is 0. The highest BCUT2D eigenvalue weighted by Gasteiger charge is 2.30. The lowest BCUT2D eigenvalue weighted by Gasteiger charge is -2.09. The summed E-state index contributed by atoms with van der Waals surface area (Å²) in [5.74, 6) is 0.148. The molecule has 1 saturated heterocycles. The minimum Gasteiger partial charge on any atom is -0.461 e. The van der Waals surface area contributed by atoms with E-state index in [9.17, 15) is 13.2 Å². The van der Waals surface area contributed by atoms with Crippen molar-refractivity contribution in [3.05, 3.63) is 29.3 Å². The first-order chi connectivity index (χ1) is 11.9. The molecule has 7 nitrogen and oxygen atoms in total. The van der Waals surface area contributed by atoms with Gasteiger partial charge < -0.3 is 9.30 Å². The molecular formula is C15H16ClN3O4S2. The number of rotatable bonds is 5. The average molecular weight is 402 g/mol. The van der Waals surface area contributed by atoms with Crippen LogP contribution in [0, 0.1) is 0 Å². The van der Waals surface area contributed by atoms with E-state index < -0.39 is 21.9 Å². The molecule has 10 heteroatoms. The third kappa shape index (κ3) is 4.34. The molecule has 134 valence electrons. The lowest BCUT2D eigenvalue weighted by molar-refractivity contribution is -0.144. The Labute approximate surface area is 154 Å². The number of carbonyl (C=O) groups is 1. The molecule has 0 amide bonds. The summed E-state index contributed by atoms with van der Waals surface area (Å²) in [5.41, 5.74) is 0.754. The van der Waals surface area contributed by atoms with E-state index in [0.29, 0.717) is 22.4 Å². The highest BCUT2D eigenvalue weighted by Crippen LogP contribution is 2.28. The van der Waals surface area contributed by atoms with Gasteiger partial charge in [-0.1, -0.05) is 35.5 Å². The molecule has 1 atom stereocenters. The van der Waals surface area contributed by atoms with Crippen LogP contribution in [0.25, 0.3) is 11.4 Å². The molecule has 1 fully saturated rings. The number of carbonyl (C=O) groups excluding carboxylic acids is 1. The summed E-state index contributed by atoms with van der Waals surface area (Å²) in [5, 5.41) is 9.31. The van der Waals surface area contributed by atoms with Gasteiger partial charge >= 0.3 is 5.97 Å². The van der Waals surface area contributed by atoms with Crippen molar-refractivity contribution in [2.45, 2.75) is 17.7 Å². The summed E-state index contributed by atoms with van der Waals surface area (Å²) in [6.07, 6.45) is -0.185. The van der Waals surface area contributed by atoms with E-state index in [0.717, 1.165) is 5.56 Å². The third-order valence-corrected chi connectivity index (χ3v) is 6.82. The molecule has 1 aliphatic rings. The monoisotopic (exact) mass is 401 g/mol. The minimum absolute atomic E-state index is 0.0328. The summed E-state index contributed by atoms with van der Waals surface area (Å²) >= 11 is 7.36. The number of aromatic nitrogens is 3. The zero-order valence-corrected chi connectivity index (χ0v) is 15.8. The lowest BCUT2D eigenvalue weighted by atomic mass is 10.2. The second kappa shape index (κ2) is 7.35. The van der Waals surface area contributed by atoms with Crippen LogP contribution in [-0.2, 0) is 26.4 Å². The summed E-state index contributed by atoms with van der Waals surface area (Å²) < 4.78 is 29.7. The molecule has 1 aliphatic heterocycles. The Bertz CT molecular complexity index is 898. The Morgan fingerprint density at radius 1 is 1.40 bits per heavy atom. The first-order valence-corrected chi connectivity index (χ1v) is 10.7. The van der Waals surface area contributed by atoms with Gasteiger partial charge in [0.1, 0.15) is 6.10 Å². The number of esters is 1. The van der Waals surface area contributed by atoms with Crippen LogP contribution in [-0.4, -0.2) is 52.5 Å². The number of hydrogen-bond acceptors (Lipinski definition) is 7. The van der Waals surface area contributed by atoms with Crippen LogP contribution in [0.3, 0.4) is 0 Å². The van der Waals surface area contributed by atoms with E-state index in [1.807, 2.05) is 18.2 Å². The fourth-order valence-corrected chi connectivity index (χ4v) is 5.02. The fourth-order valence-electron chi connectivity index (χ4n) is 2.51. The Balaban J connectivity index is 1.61. The van der Waals surface area contributed by atoms with E-state index in [4.69, 9.17) is 16.3 Å². The highest BCUT2D eigenvalue weighted by molar-refractivity contribution is 7.99. The summed E-state index contributed by atoms with van der Waals surface area (Å²) in [4.78, 5) is 11.9. The average Bonchev–Trinajstić information content (AvgIpc) is 3.08. The zero-order valence-electron chi connectivity index (χ0n) is 13.4. The molecule has 25 heavy (non-hydrogen) atoms. The van der Waals surface area contributed by atoms with Crippen molar-refractivity contribution in [2.75, 3.05) is 17.3 Å². The molecule has 3 rings (SSSR count). The SMILES string of the molecule is Cn1c(SCC(=O)O[C@H]2CCS(=O)(=O)C2)nnc1-c1ccccc1Cl. The molecular weight excluding hydrogens is 386 g/mol.